The Kier molecular flexibility index (Phi) is 20.4. The fourth-order valence-corrected chi connectivity index (χ4v) is 1.31. The molecule has 8 nitrogen and oxygen atoms in total. The van der Waals surface area contributed by atoms with Crippen LogP contribution in [0.2, 0.25) is 0 Å². The summed E-state index contributed by atoms with van der Waals surface area (Å²) in [7, 11) is 1.00. The Bertz CT molecular complexity index is 273. The number of halogens is 2. The average Bonchev–Trinajstić information content (AvgIpc) is 2.54. The molecule has 1 saturated heterocycles. The van der Waals surface area contributed by atoms with Gasteiger partial charge in [0, 0.05) is 20.1 Å². The zero-order valence-corrected chi connectivity index (χ0v) is 13.6. The highest BCUT2D eigenvalue weighted by molar-refractivity contribution is 5.72. The third kappa shape index (κ3) is 14.4. The smallest absolute Gasteiger partial charge is 0.320 e. The fourth-order valence-electron chi connectivity index (χ4n) is 1.31. The number of ether oxygens (including phenoxy) is 1. The topological polar surface area (TPSA) is 153 Å². The van der Waals surface area contributed by atoms with Gasteiger partial charge in [-0.25, -0.2) is 8.78 Å². The zero-order valence-electron chi connectivity index (χ0n) is 13.6. The minimum Gasteiger partial charge on any atom is -0.480 e. The lowest BCUT2D eigenvalue weighted by atomic mass is 10.0. The number of carbonyl (C=O) groups is 1. The van der Waals surface area contributed by atoms with Crippen LogP contribution in [-0.2, 0) is 9.53 Å². The van der Waals surface area contributed by atoms with Gasteiger partial charge in [-0.15, -0.1) is 0 Å². The van der Waals surface area contributed by atoms with E-state index in [9.17, 15) is 13.6 Å². The van der Waals surface area contributed by atoms with Crippen LogP contribution in [0.5, 0.6) is 0 Å². The quantitative estimate of drug-likeness (QED) is 0.385. The molecule has 0 aromatic rings. The lowest BCUT2D eigenvalue weighted by Crippen LogP contribution is -2.46. The summed E-state index contributed by atoms with van der Waals surface area (Å²) in [6.07, 6.45) is -5.27. The highest BCUT2D eigenvalue weighted by atomic mass is 19.3. The molecule has 1 rings (SSSR count). The predicted molar refractivity (Wildman–Crippen MR) is 79.2 cm³/mol. The van der Waals surface area contributed by atoms with Gasteiger partial charge in [0.15, 0.2) is 0 Å². The van der Waals surface area contributed by atoms with Crippen molar-refractivity contribution in [2.45, 2.75) is 57.5 Å². The van der Waals surface area contributed by atoms with Crippen LogP contribution in [-0.4, -0.2) is 82.6 Å². The summed E-state index contributed by atoms with van der Waals surface area (Å²) in [4.78, 5) is 9.78. The highest BCUT2D eigenvalue weighted by Gasteiger charge is 2.30. The van der Waals surface area contributed by atoms with Crippen LogP contribution in [0.25, 0.3) is 0 Å². The molecule has 10 heteroatoms. The second kappa shape index (κ2) is 17.4. The third-order valence-electron chi connectivity index (χ3n) is 2.45. The van der Waals surface area contributed by atoms with Crippen molar-refractivity contribution >= 4 is 5.97 Å². The van der Waals surface area contributed by atoms with Crippen molar-refractivity contribution in [3.8, 4) is 0 Å². The fraction of sp³-hybridized carbons (Fsp3) is 0.923. The summed E-state index contributed by atoms with van der Waals surface area (Å²) in [6, 6.07) is -1.44. The number of alkyl halides is 2. The van der Waals surface area contributed by atoms with Crippen molar-refractivity contribution in [2.75, 3.05) is 20.3 Å². The Labute approximate surface area is 134 Å². The van der Waals surface area contributed by atoms with Crippen LogP contribution in [0.4, 0.5) is 8.78 Å². The largest absolute Gasteiger partial charge is 0.480 e. The first kappa shape index (κ1) is 27.0. The standard InChI is InChI=1S/C6H12O4.C4H7F2NO2.C2H6.CH4O/c7-3-5-6(9)4(8)1-2-10-5;5-3(6)1-2(7)4(8)9;2*1-2/h4-9H,1-3H2;2-3H,1,7H2,(H,8,9);1-2H3;2H,1H3. The monoisotopic (exact) mass is 349 g/mol. The second-order valence-electron chi connectivity index (χ2n) is 4.01. The van der Waals surface area contributed by atoms with E-state index >= 15 is 0 Å². The van der Waals surface area contributed by atoms with Gasteiger partial charge in [-0.1, -0.05) is 13.8 Å². The van der Waals surface area contributed by atoms with Crippen molar-refractivity contribution in [3.05, 3.63) is 0 Å². The summed E-state index contributed by atoms with van der Waals surface area (Å²) in [5.74, 6) is -1.39. The van der Waals surface area contributed by atoms with E-state index in [1.165, 1.54) is 0 Å². The number of nitrogens with two attached hydrogens (primary N) is 1. The van der Waals surface area contributed by atoms with Gasteiger partial charge >= 0.3 is 5.97 Å². The summed E-state index contributed by atoms with van der Waals surface area (Å²) in [6.45, 7) is 4.17. The molecular weight excluding hydrogens is 320 g/mol. The first-order valence-corrected chi connectivity index (χ1v) is 7.09. The molecule has 0 aromatic carbocycles. The summed E-state index contributed by atoms with van der Waals surface area (Å²) >= 11 is 0. The number of hydrogen-bond acceptors (Lipinski definition) is 7. The van der Waals surface area contributed by atoms with E-state index in [0.29, 0.717) is 13.0 Å². The molecule has 1 aliphatic rings. The van der Waals surface area contributed by atoms with E-state index in [2.05, 4.69) is 0 Å². The van der Waals surface area contributed by atoms with E-state index in [0.717, 1.165) is 7.11 Å². The second-order valence-corrected chi connectivity index (χ2v) is 4.01. The lowest BCUT2D eigenvalue weighted by Gasteiger charge is -2.30. The molecule has 0 aliphatic carbocycles. The maximum atomic E-state index is 11.3. The number of hydrogen-bond donors (Lipinski definition) is 6. The SMILES string of the molecule is CC.CO.NC(CC(F)F)C(=O)O.OCC1OCCC(O)C1O. The average molecular weight is 349 g/mol. The van der Waals surface area contributed by atoms with Crippen LogP contribution >= 0.6 is 0 Å². The maximum Gasteiger partial charge on any atom is 0.320 e. The van der Waals surface area contributed by atoms with Gasteiger partial charge < -0.3 is 36.0 Å². The van der Waals surface area contributed by atoms with Crippen LogP contribution in [0, 0.1) is 0 Å². The van der Waals surface area contributed by atoms with E-state index < -0.39 is 43.2 Å². The summed E-state index contributed by atoms with van der Waals surface area (Å²) in [5, 5.41) is 41.7. The highest BCUT2D eigenvalue weighted by Crippen LogP contribution is 2.13. The summed E-state index contributed by atoms with van der Waals surface area (Å²) < 4.78 is 27.6. The van der Waals surface area contributed by atoms with Gasteiger partial charge in [-0.05, 0) is 6.42 Å². The number of rotatable bonds is 4. The third-order valence-corrected chi connectivity index (χ3v) is 2.45. The normalized spacial score (nSPS) is 24.0. The number of carboxylic acids is 1. The van der Waals surface area contributed by atoms with Crippen LogP contribution in [0.3, 0.4) is 0 Å². The molecule has 4 atom stereocenters. The number of aliphatic hydroxyl groups excluding tert-OH is 4. The molecule has 4 unspecified atom stereocenters. The van der Waals surface area contributed by atoms with Crippen molar-refractivity contribution in [3.63, 3.8) is 0 Å². The predicted octanol–water partition coefficient (Wildman–Crippen LogP) is -0.822. The Morgan fingerprint density at radius 2 is 1.78 bits per heavy atom. The van der Waals surface area contributed by atoms with Gasteiger partial charge in [0.05, 0.1) is 12.7 Å². The molecule has 0 bridgehead atoms. The number of carboxylic acid groups (broad SMARTS) is 1. The Morgan fingerprint density at radius 1 is 1.30 bits per heavy atom. The molecule has 1 fully saturated rings. The van der Waals surface area contributed by atoms with Gasteiger partial charge in [-0.3, -0.25) is 4.79 Å². The first-order chi connectivity index (χ1) is 10.8. The van der Waals surface area contributed by atoms with Crippen LogP contribution < -0.4 is 5.73 Å². The molecule has 0 aromatic heterocycles. The van der Waals surface area contributed by atoms with Gasteiger partial charge in [0.2, 0.25) is 6.43 Å². The minimum atomic E-state index is -2.64. The van der Waals surface area contributed by atoms with Crippen LogP contribution in [0.15, 0.2) is 0 Å². The number of aliphatic carboxylic acids is 1. The van der Waals surface area contributed by atoms with Crippen molar-refractivity contribution in [2.24, 2.45) is 5.73 Å². The number of aliphatic hydroxyl groups is 4. The van der Waals surface area contributed by atoms with Crippen molar-refractivity contribution in [1.82, 2.24) is 0 Å². The Morgan fingerprint density at radius 3 is 2.04 bits per heavy atom. The molecule has 0 saturated carbocycles. The molecule has 23 heavy (non-hydrogen) atoms. The van der Waals surface area contributed by atoms with Crippen molar-refractivity contribution in [1.29, 1.82) is 0 Å². The summed E-state index contributed by atoms with van der Waals surface area (Å²) in [5.41, 5.74) is 4.74. The lowest BCUT2D eigenvalue weighted by molar-refractivity contribution is -0.147. The molecular formula is C13H29F2NO7. The maximum absolute atomic E-state index is 11.3. The van der Waals surface area contributed by atoms with E-state index in [-0.39, 0.29) is 6.61 Å². The Hall–Kier alpha value is -0.910. The van der Waals surface area contributed by atoms with Crippen LogP contribution in [0.1, 0.15) is 26.7 Å². The molecule has 142 valence electrons. The molecule has 0 spiro atoms. The van der Waals surface area contributed by atoms with Gasteiger partial charge in [0.1, 0.15) is 18.2 Å². The van der Waals surface area contributed by atoms with E-state index in [4.69, 9.17) is 36.0 Å². The zero-order chi connectivity index (χ0) is 19.0. The van der Waals surface area contributed by atoms with Gasteiger partial charge in [-0.2, -0.15) is 0 Å². The van der Waals surface area contributed by atoms with Crippen molar-refractivity contribution < 1.29 is 43.8 Å². The van der Waals surface area contributed by atoms with E-state index in [1.54, 1.807) is 0 Å². The Balaban J connectivity index is -0.000000287. The molecule has 1 aliphatic heterocycles. The molecule has 1 heterocycles. The van der Waals surface area contributed by atoms with E-state index in [1.807, 2.05) is 13.8 Å². The minimum absolute atomic E-state index is 0.238. The van der Waals surface area contributed by atoms with Gasteiger partial charge in [0.25, 0.3) is 0 Å². The molecule has 7 N–H and O–H groups in total. The first-order valence-electron chi connectivity index (χ1n) is 7.09. The molecule has 0 amide bonds. The molecule has 0 radical (unpaired) electrons.